The maximum atomic E-state index is 10.6. The van der Waals surface area contributed by atoms with Gasteiger partial charge in [0.15, 0.2) is 0 Å². The van der Waals surface area contributed by atoms with Gasteiger partial charge in [-0.3, -0.25) is 0 Å². The van der Waals surface area contributed by atoms with E-state index in [2.05, 4.69) is 29.6 Å². The number of rotatable bonds is 4. The molecule has 0 fully saturated rings. The van der Waals surface area contributed by atoms with E-state index in [4.69, 9.17) is 0 Å². The molecule has 0 spiro atoms. The molecule has 0 bridgehead atoms. The molecule has 1 aromatic heterocycles. The summed E-state index contributed by atoms with van der Waals surface area (Å²) in [5.74, 6) is 1.13. The van der Waals surface area contributed by atoms with Crippen LogP contribution in [0.1, 0.15) is 30.5 Å². The third-order valence-corrected chi connectivity index (χ3v) is 5.60. The maximum Gasteiger partial charge on any atom is 0.100 e. The smallest absolute Gasteiger partial charge is 0.100 e. The maximum absolute atomic E-state index is 10.6. The molecule has 3 rings (SSSR count). The van der Waals surface area contributed by atoms with Gasteiger partial charge >= 0.3 is 0 Å². The Morgan fingerprint density at radius 2 is 2.20 bits per heavy atom. The summed E-state index contributed by atoms with van der Waals surface area (Å²) in [7, 11) is 0. The molecule has 4 heteroatoms. The van der Waals surface area contributed by atoms with Gasteiger partial charge in [-0.05, 0) is 53.1 Å². The minimum atomic E-state index is -0.806. The summed E-state index contributed by atoms with van der Waals surface area (Å²) in [5.41, 5.74) is 1.55. The van der Waals surface area contributed by atoms with E-state index in [0.29, 0.717) is 12.6 Å². The molecule has 20 heavy (non-hydrogen) atoms. The zero-order valence-corrected chi connectivity index (χ0v) is 13.1. The first-order valence-electron chi connectivity index (χ1n) is 6.87. The lowest BCUT2D eigenvalue weighted by Crippen LogP contribution is -2.38. The Balaban J connectivity index is 1.71. The Kier molecular flexibility index (Phi) is 4.17. The van der Waals surface area contributed by atoms with Crippen LogP contribution >= 0.6 is 23.1 Å². The van der Waals surface area contributed by atoms with Crippen LogP contribution in [0.5, 0.6) is 0 Å². The topological polar surface area (TPSA) is 32.3 Å². The van der Waals surface area contributed by atoms with Crippen molar-refractivity contribution in [3.05, 3.63) is 52.2 Å². The predicted octanol–water partition coefficient (Wildman–Crippen LogP) is 3.78. The van der Waals surface area contributed by atoms with Crippen LogP contribution in [0, 0.1) is 0 Å². The fourth-order valence-corrected chi connectivity index (χ4v) is 4.46. The van der Waals surface area contributed by atoms with Crippen molar-refractivity contribution in [2.45, 2.75) is 29.9 Å². The van der Waals surface area contributed by atoms with Crippen LogP contribution in [0.3, 0.4) is 0 Å². The summed E-state index contributed by atoms with van der Waals surface area (Å²) < 4.78 is 0. The van der Waals surface area contributed by atoms with E-state index in [0.717, 1.165) is 17.7 Å². The number of hydrogen-bond donors (Lipinski definition) is 2. The Bertz CT molecular complexity index is 566. The standard InChI is InChI=1S/C16H19NOS2/c1-16(18,12-6-8-19-10-12)11-17-14-7-9-20-15-5-3-2-4-13(14)15/h2-6,8,10,14,17-18H,7,9,11H2,1H3. The second kappa shape index (κ2) is 5.90. The van der Waals surface area contributed by atoms with Crippen molar-refractivity contribution >= 4 is 23.1 Å². The Morgan fingerprint density at radius 3 is 3.00 bits per heavy atom. The zero-order valence-electron chi connectivity index (χ0n) is 11.5. The van der Waals surface area contributed by atoms with Gasteiger partial charge in [-0.25, -0.2) is 0 Å². The number of thiophene rings is 1. The normalized spacial score (nSPS) is 21.2. The molecule has 2 aromatic rings. The summed E-state index contributed by atoms with van der Waals surface area (Å²) >= 11 is 3.55. The van der Waals surface area contributed by atoms with E-state index in [-0.39, 0.29) is 0 Å². The van der Waals surface area contributed by atoms with Crippen LogP contribution in [0.25, 0.3) is 0 Å². The van der Waals surface area contributed by atoms with Gasteiger partial charge in [-0.2, -0.15) is 11.3 Å². The molecule has 2 N–H and O–H groups in total. The van der Waals surface area contributed by atoms with Crippen molar-refractivity contribution in [1.82, 2.24) is 5.32 Å². The second-order valence-electron chi connectivity index (χ2n) is 5.39. The highest BCUT2D eigenvalue weighted by atomic mass is 32.2. The quantitative estimate of drug-likeness (QED) is 0.901. The number of thioether (sulfide) groups is 1. The molecule has 1 aromatic carbocycles. The molecule has 0 saturated carbocycles. The number of nitrogens with one attached hydrogen (secondary N) is 1. The number of hydrogen-bond acceptors (Lipinski definition) is 4. The molecule has 2 unspecified atom stereocenters. The first kappa shape index (κ1) is 14.1. The molecule has 0 aliphatic carbocycles. The van der Waals surface area contributed by atoms with Crippen LogP contribution in [0.4, 0.5) is 0 Å². The third kappa shape index (κ3) is 2.93. The summed E-state index contributed by atoms with van der Waals surface area (Å²) in [4.78, 5) is 1.37. The van der Waals surface area contributed by atoms with Gasteiger partial charge < -0.3 is 10.4 Å². The minimum Gasteiger partial charge on any atom is -0.384 e. The van der Waals surface area contributed by atoms with Gasteiger partial charge in [0.05, 0.1) is 0 Å². The van der Waals surface area contributed by atoms with Gasteiger partial charge in [-0.1, -0.05) is 18.2 Å². The van der Waals surface area contributed by atoms with Crippen molar-refractivity contribution in [2.75, 3.05) is 12.3 Å². The molecule has 0 radical (unpaired) electrons. The molecule has 1 aliphatic rings. The third-order valence-electron chi connectivity index (χ3n) is 3.79. The predicted molar refractivity (Wildman–Crippen MR) is 86.4 cm³/mol. The summed E-state index contributed by atoms with van der Waals surface area (Å²) in [5, 5.41) is 18.2. The van der Waals surface area contributed by atoms with E-state index in [1.165, 1.54) is 10.5 Å². The van der Waals surface area contributed by atoms with Crippen LogP contribution in [0.2, 0.25) is 0 Å². The van der Waals surface area contributed by atoms with Crippen LogP contribution in [-0.4, -0.2) is 17.4 Å². The van der Waals surface area contributed by atoms with E-state index in [1.807, 2.05) is 35.5 Å². The van der Waals surface area contributed by atoms with Crippen LogP contribution < -0.4 is 5.32 Å². The second-order valence-corrected chi connectivity index (χ2v) is 7.31. The monoisotopic (exact) mass is 305 g/mol. The van der Waals surface area contributed by atoms with Gasteiger partial charge in [-0.15, -0.1) is 11.8 Å². The van der Waals surface area contributed by atoms with Gasteiger partial charge in [0.1, 0.15) is 5.60 Å². The lowest BCUT2D eigenvalue weighted by molar-refractivity contribution is 0.0539. The molecule has 1 aliphatic heterocycles. The van der Waals surface area contributed by atoms with Gasteiger partial charge in [0.2, 0.25) is 0 Å². The zero-order chi connectivity index (χ0) is 14.0. The fraction of sp³-hybridized carbons (Fsp3) is 0.375. The highest BCUT2D eigenvalue weighted by Gasteiger charge is 2.26. The lowest BCUT2D eigenvalue weighted by Gasteiger charge is -2.30. The van der Waals surface area contributed by atoms with E-state index in [9.17, 15) is 5.11 Å². The highest BCUT2D eigenvalue weighted by Crippen LogP contribution is 2.36. The number of benzene rings is 1. The molecule has 0 amide bonds. The van der Waals surface area contributed by atoms with Crippen molar-refractivity contribution in [3.8, 4) is 0 Å². The molecule has 0 saturated heterocycles. The molecule has 2 atom stereocenters. The number of fused-ring (bicyclic) bond motifs is 1. The van der Waals surface area contributed by atoms with Crippen molar-refractivity contribution in [2.24, 2.45) is 0 Å². The summed E-state index contributed by atoms with van der Waals surface area (Å²) in [6.07, 6.45) is 1.11. The van der Waals surface area contributed by atoms with Gasteiger partial charge in [0, 0.05) is 17.5 Å². The van der Waals surface area contributed by atoms with Gasteiger partial charge in [0.25, 0.3) is 0 Å². The van der Waals surface area contributed by atoms with Crippen molar-refractivity contribution in [1.29, 1.82) is 0 Å². The van der Waals surface area contributed by atoms with E-state index < -0.39 is 5.60 Å². The Morgan fingerprint density at radius 1 is 1.35 bits per heavy atom. The van der Waals surface area contributed by atoms with Crippen LogP contribution in [0.15, 0.2) is 46.0 Å². The van der Waals surface area contributed by atoms with Crippen LogP contribution in [-0.2, 0) is 5.60 Å². The van der Waals surface area contributed by atoms with E-state index in [1.54, 1.807) is 11.3 Å². The van der Waals surface area contributed by atoms with Crippen molar-refractivity contribution < 1.29 is 5.11 Å². The Hall–Kier alpha value is -0.810. The lowest BCUT2D eigenvalue weighted by atomic mass is 9.97. The van der Waals surface area contributed by atoms with E-state index >= 15 is 0 Å². The molecule has 106 valence electrons. The molecule has 2 heterocycles. The average Bonchev–Trinajstić information content (AvgIpc) is 3.00. The van der Waals surface area contributed by atoms with Crippen molar-refractivity contribution in [3.63, 3.8) is 0 Å². The first-order valence-corrected chi connectivity index (χ1v) is 8.80. The summed E-state index contributed by atoms with van der Waals surface area (Å²) in [6, 6.07) is 10.9. The summed E-state index contributed by atoms with van der Waals surface area (Å²) in [6.45, 7) is 2.46. The highest BCUT2D eigenvalue weighted by molar-refractivity contribution is 7.99. The largest absolute Gasteiger partial charge is 0.384 e. The minimum absolute atomic E-state index is 0.345. The molecular weight excluding hydrogens is 286 g/mol. The Labute approximate surface area is 128 Å². The first-order chi connectivity index (χ1) is 9.67. The average molecular weight is 305 g/mol. The fourth-order valence-electron chi connectivity index (χ4n) is 2.55. The SMILES string of the molecule is CC(O)(CNC1CCSc2ccccc21)c1ccsc1. The molecule has 2 nitrogen and oxygen atoms in total. The molecular formula is C16H19NOS2. The number of aliphatic hydroxyl groups is 1.